The van der Waals surface area contributed by atoms with E-state index in [0.717, 1.165) is 22.8 Å². The van der Waals surface area contributed by atoms with Crippen LogP contribution in [0.2, 0.25) is 0 Å². The number of carbonyl (C=O) groups is 1. The Kier molecular flexibility index (Phi) is 5.84. The molecule has 1 amide bonds. The first-order valence-electron chi connectivity index (χ1n) is 8.59. The lowest BCUT2D eigenvalue weighted by molar-refractivity contribution is -0.114. The molecule has 0 radical (unpaired) electrons. The van der Waals surface area contributed by atoms with Gasteiger partial charge in [0.05, 0.1) is 12.3 Å². The van der Waals surface area contributed by atoms with Crippen LogP contribution in [-0.4, -0.2) is 22.5 Å². The van der Waals surface area contributed by atoms with E-state index >= 15 is 0 Å². The first kappa shape index (κ1) is 18.2. The van der Waals surface area contributed by atoms with Gasteiger partial charge >= 0.3 is 0 Å². The maximum Gasteiger partial charge on any atom is 0.221 e. The molecule has 0 spiro atoms. The van der Waals surface area contributed by atoms with Gasteiger partial charge in [-0.25, -0.2) is 9.97 Å². The van der Waals surface area contributed by atoms with Crippen LogP contribution < -0.4 is 20.7 Å². The maximum absolute atomic E-state index is 11.1. The number of carbonyl (C=O) groups excluding carboxylic acids is 1. The van der Waals surface area contributed by atoms with Gasteiger partial charge in [-0.3, -0.25) is 4.79 Å². The van der Waals surface area contributed by atoms with Crippen molar-refractivity contribution in [3.05, 3.63) is 60.9 Å². The number of nitrogens with one attached hydrogen (secondary N) is 3. The number of rotatable bonds is 7. The molecule has 2 aromatic carbocycles. The van der Waals surface area contributed by atoms with E-state index in [1.807, 2.05) is 61.5 Å². The van der Waals surface area contributed by atoms with Crippen molar-refractivity contribution in [3.8, 4) is 5.75 Å². The van der Waals surface area contributed by atoms with Crippen molar-refractivity contribution in [2.24, 2.45) is 0 Å². The van der Waals surface area contributed by atoms with Gasteiger partial charge in [0.1, 0.15) is 23.7 Å². The van der Waals surface area contributed by atoms with Crippen molar-refractivity contribution < 1.29 is 9.53 Å². The summed E-state index contributed by atoms with van der Waals surface area (Å²) in [5.41, 5.74) is 2.43. The summed E-state index contributed by atoms with van der Waals surface area (Å²) in [5.74, 6) is 1.96. The molecule has 1 heterocycles. The first-order chi connectivity index (χ1) is 13.1. The molecule has 0 unspecified atom stereocenters. The second-order valence-corrected chi connectivity index (χ2v) is 5.73. The van der Waals surface area contributed by atoms with Gasteiger partial charge in [-0.15, -0.1) is 0 Å². The quantitative estimate of drug-likeness (QED) is 0.579. The van der Waals surface area contributed by atoms with E-state index in [2.05, 4.69) is 25.9 Å². The lowest BCUT2D eigenvalue weighted by atomic mass is 10.2. The van der Waals surface area contributed by atoms with Gasteiger partial charge in [0.15, 0.2) is 0 Å². The van der Waals surface area contributed by atoms with Crippen molar-refractivity contribution in [1.82, 2.24) is 9.97 Å². The predicted octanol–water partition coefficient (Wildman–Crippen LogP) is 4.32. The van der Waals surface area contributed by atoms with Crippen LogP contribution in [0.1, 0.15) is 13.8 Å². The molecular formula is C20H21N5O2. The topological polar surface area (TPSA) is 88.2 Å². The summed E-state index contributed by atoms with van der Waals surface area (Å²) in [6.07, 6.45) is 1.49. The molecule has 0 bridgehead atoms. The molecule has 3 N–H and O–H groups in total. The predicted molar refractivity (Wildman–Crippen MR) is 107 cm³/mol. The summed E-state index contributed by atoms with van der Waals surface area (Å²) >= 11 is 0. The third-order valence-corrected chi connectivity index (χ3v) is 3.59. The number of anilines is 5. The molecule has 0 atom stereocenters. The number of benzene rings is 2. The van der Waals surface area contributed by atoms with E-state index in [0.29, 0.717) is 18.2 Å². The molecule has 3 aromatic rings. The fourth-order valence-electron chi connectivity index (χ4n) is 2.47. The molecule has 0 fully saturated rings. The summed E-state index contributed by atoms with van der Waals surface area (Å²) in [4.78, 5) is 19.6. The zero-order chi connectivity index (χ0) is 19.1. The highest BCUT2D eigenvalue weighted by molar-refractivity contribution is 5.88. The summed E-state index contributed by atoms with van der Waals surface area (Å²) in [7, 11) is 0. The van der Waals surface area contributed by atoms with Crippen molar-refractivity contribution >= 4 is 34.6 Å². The Bertz CT molecular complexity index is 912. The molecule has 138 valence electrons. The first-order valence-corrected chi connectivity index (χ1v) is 8.59. The number of aromatic nitrogens is 2. The van der Waals surface area contributed by atoms with Crippen LogP contribution in [0.15, 0.2) is 60.9 Å². The minimum absolute atomic E-state index is 0.102. The average Bonchev–Trinajstić information content (AvgIpc) is 2.65. The highest BCUT2D eigenvalue weighted by atomic mass is 16.5. The molecule has 0 saturated carbocycles. The van der Waals surface area contributed by atoms with Gasteiger partial charge < -0.3 is 20.7 Å². The second kappa shape index (κ2) is 8.66. The summed E-state index contributed by atoms with van der Waals surface area (Å²) in [6.45, 7) is 4.01. The Morgan fingerprint density at radius 3 is 2.33 bits per heavy atom. The van der Waals surface area contributed by atoms with E-state index in [1.54, 1.807) is 0 Å². The molecule has 27 heavy (non-hydrogen) atoms. The maximum atomic E-state index is 11.1. The average molecular weight is 363 g/mol. The molecular weight excluding hydrogens is 342 g/mol. The van der Waals surface area contributed by atoms with E-state index in [9.17, 15) is 4.79 Å². The Labute approximate surface area is 157 Å². The smallest absolute Gasteiger partial charge is 0.221 e. The van der Waals surface area contributed by atoms with Crippen LogP contribution in [0.25, 0.3) is 0 Å². The number of hydrogen-bond acceptors (Lipinski definition) is 6. The minimum Gasteiger partial charge on any atom is -0.492 e. The van der Waals surface area contributed by atoms with Gasteiger partial charge in [0.2, 0.25) is 5.91 Å². The van der Waals surface area contributed by atoms with Crippen LogP contribution in [0.5, 0.6) is 5.75 Å². The monoisotopic (exact) mass is 363 g/mol. The zero-order valence-corrected chi connectivity index (χ0v) is 15.2. The van der Waals surface area contributed by atoms with E-state index < -0.39 is 0 Å². The zero-order valence-electron chi connectivity index (χ0n) is 15.2. The van der Waals surface area contributed by atoms with Crippen molar-refractivity contribution in [2.75, 3.05) is 22.6 Å². The highest BCUT2D eigenvalue weighted by Gasteiger charge is 2.05. The third-order valence-electron chi connectivity index (χ3n) is 3.59. The molecule has 0 saturated heterocycles. The third kappa shape index (κ3) is 5.18. The van der Waals surface area contributed by atoms with Crippen LogP contribution in [0.3, 0.4) is 0 Å². The fourth-order valence-corrected chi connectivity index (χ4v) is 2.47. The van der Waals surface area contributed by atoms with Gasteiger partial charge in [0.25, 0.3) is 0 Å². The van der Waals surface area contributed by atoms with E-state index in [4.69, 9.17) is 4.74 Å². The Hall–Kier alpha value is -3.61. The molecule has 7 heteroatoms. The lowest BCUT2D eigenvalue weighted by Gasteiger charge is -2.12. The van der Waals surface area contributed by atoms with Crippen molar-refractivity contribution in [3.63, 3.8) is 0 Å². The van der Waals surface area contributed by atoms with Crippen molar-refractivity contribution in [1.29, 1.82) is 0 Å². The van der Waals surface area contributed by atoms with Gasteiger partial charge in [0, 0.05) is 24.4 Å². The number of hydrogen-bond donors (Lipinski definition) is 3. The fraction of sp³-hybridized carbons (Fsp3) is 0.150. The largest absolute Gasteiger partial charge is 0.492 e. The molecule has 7 nitrogen and oxygen atoms in total. The number of ether oxygens (including phenoxy) is 1. The van der Waals surface area contributed by atoms with E-state index in [-0.39, 0.29) is 5.91 Å². The Morgan fingerprint density at radius 2 is 1.63 bits per heavy atom. The van der Waals surface area contributed by atoms with Crippen LogP contribution in [0, 0.1) is 0 Å². The molecule has 0 aliphatic rings. The SMILES string of the molecule is CCOc1ccccc1Nc1cc(Nc2ccc(NC(C)=O)cc2)ncn1. The highest BCUT2D eigenvalue weighted by Crippen LogP contribution is 2.27. The molecule has 1 aromatic heterocycles. The molecule has 0 aliphatic heterocycles. The number of amides is 1. The summed E-state index contributed by atoms with van der Waals surface area (Å²) < 4.78 is 5.62. The minimum atomic E-state index is -0.102. The van der Waals surface area contributed by atoms with Gasteiger partial charge in [-0.05, 0) is 43.3 Å². The second-order valence-electron chi connectivity index (χ2n) is 5.73. The van der Waals surface area contributed by atoms with Crippen LogP contribution in [-0.2, 0) is 4.79 Å². The number of para-hydroxylation sites is 2. The molecule has 3 rings (SSSR count). The number of nitrogens with zero attached hydrogens (tertiary/aromatic N) is 2. The normalized spacial score (nSPS) is 10.1. The van der Waals surface area contributed by atoms with Crippen LogP contribution >= 0.6 is 0 Å². The Balaban J connectivity index is 1.71. The Morgan fingerprint density at radius 1 is 0.963 bits per heavy atom. The summed E-state index contributed by atoms with van der Waals surface area (Å²) in [5, 5.41) is 9.20. The summed E-state index contributed by atoms with van der Waals surface area (Å²) in [6, 6.07) is 16.9. The van der Waals surface area contributed by atoms with Gasteiger partial charge in [-0.1, -0.05) is 12.1 Å². The van der Waals surface area contributed by atoms with E-state index in [1.165, 1.54) is 13.3 Å². The molecule has 0 aliphatic carbocycles. The van der Waals surface area contributed by atoms with Crippen LogP contribution in [0.4, 0.5) is 28.7 Å². The lowest BCUT2D eigenvalue weighted by Crippen LogP contribution is -2.05. The van der Waals surface area contributed by atoms with Crippen molar-refractivity contribution in [2.45, 2.75) is 13.8 Å². The van der Waals surface area contributed by atoms with Gasteiger partial charge in [-0.2, -0.15) is 0 Å². The standard InChI is InChI=1S/C20H21N5O2/c1-3-27-18-7-5-4-6-17(18)25-20-12-19(21-13-22-20)24-16-10-8-15(9-11-16)23-14(2)26/h4-13H,3H2,1-2H3,(H,23,26)(H2,21,22,24,25).